The van der Waals surface area contributed by atoms with E-state index in [-0.39, 0.29) is 11.3 Å². The van der Waals surface area contributed by atoms with Gasteiger partial charge in [0.05, 0.1) is 5.41 Å². The summed E-state index contributed by atoms with van der Waals surface area (Å²) in [6, 6.07) is 0. The van der Waals surface area contributed by atoms with Gasteiger partial charge in [-0.2, -0.15) is 0 Å². The molecule has 4 fully saturated rings. The molecule has 4 bridgehead atoms. The molecule has 4 aliphatic carbocycles. The monoisotopic (exact) mass is 337 g/mol. The highest BCUT2D eigenvalue weighted by atomic mass is 32.2. The van der Waals surface area contributed by atoms with Crippen molar-refractivity contribution in [2.75, 3.05) is 11.1 Å². The van der Waals surface area contributed by atoms with Crippen LogP contribution in [0.4, 0.5) is 5.13 Å². The van der Waals surface area contributed by atoms with Gasteiger partial charge in [0.2, 0.25) is 11.0 Å². The Bertz CT molecular complexity index is 536. The second-order valence-corrected chi connectivity index (χ2v) is 9.69. The number of aromatic nitrogens is 2. The number of carbonyl (C=O) groups excluding carboxylic acids is 1. The number of nitrogens with one attached hydrogen (secondary N) is 1. The molecular weight excluding hydrogens is 314 g/mol. The summed E-state index contributed by atoms with van der Waals surface area (Å²) in [5.41, 5.74) is -0.100. The van der Waals surface area contributed by atoms with E-state index in [1.807, 2.05) is 0 Å². The minimum Gasteiger partial charge on any atom is -0.300 e. The third-order valence-electron chi connectivity index (χ3n) is 5.58. The summed E-state index contributed by atoms with van der Waals surface area (Å²) in [6.07, 6.45) is 8.51. The molecule has 4 aliphatic rings. The molecular formula is C16H23N3OS2. The van der Waals surface area contributed by atoms with Crippen molar-refractivity contribution in [1.29, 1.82) is 0 Å². The highest BCUT2D eigenvalue weighted by Crippen LogP contribution is 2.60. The van der Waals surface area contributed by atoms with Gasteiger partial charge in [-0.3, -0.25) is 4.79 Å². The Morgan fingerprint density at radius 2 is 1.86 bits per heavy atom. The molecule has 4 saturated carbocycles. The SMILES string of the molecule is CCCSc1nnc(NC(=O)C23CC4CC(CC(C4)C2)C3)s1. The van der Waals surface area contributed by atoms with Crippen LogP contribution in [0.3, 0.4) is 0 Å². The van der Waals surface area contributed by atoms with Crippen molar-refractivity contribution < 1.29 is 4.79 Å². The van der Waals surface area contributed by atoms with Gasteiger partial charge in [0.15, 0.2) is 4.34 Å². The van der Waals surface area contributed by atoms with Crippen LogP contribution in [0.5, 0.6) is 0 Å². The Morgan fingerprint density at radius 1 is 1.23 bits per heavy atom. The van der Waals surface area contributed by atoms with Crippen LogP contribution in [-0.4, -0.2) is 21.9 Å². The first-order valence-corrected chi connectivity index (χ1v) is 10.2. The summed E-state index contributed by atoms with van der Waals surface area (Å²) in [6.45, 7) is 2.16. The zero-order valence-corrected chi connectivity index (χ0v) is 14.6. The molecule has 0 radical (unpaired) electrons. The second kappa shape index (κ2) is 5.78. The first-order chi connectivity index (χ1) is 10.7. The van der Waals surface area contributed by atoms with Gasteiger partial charge in [-0.05, 0) is 62.7 Å². The van der Waals surface area contributed by atoms with Gasteiger partial charge in [-0.25, -0.2) is 0 Å². The number of hydrogen-bond acceptors (Lipinski definition) is 5. The van der Waals surface area contributed by atoms with Gasteiger partial charge in [-0.15, -0.1) is 10.2 Å². The number of thioether (sulfide) groups is 1. The lowest BCUT2D eigenvalue weighted by Gasteiger charge is -2.55. The maximum atomic E-state index is 12.9. The summed E-state index contributed by atoms with van der Waals surface area (Å²) in [7, 11) is 0. The molecule has 1 aromatic rings. The van der Waals surface area contributed by atoms with Gasteiger partial charge < -0.3 is 5.32 Å². The van der Waals surface area contributed by atoms with Gasteiger partial charge in [0, 0.05) is 5.75 Å². The smallest absolute Gasteiger partial charge is 0.232 e. The number of carbonyl (C=O) groups is 1. The zero-order chi connectivity index (χ0) is 15.2. The first kappa shape index (κ1) is 14.9. The van der Waals surface area contributed by atoms with Crippen molar-refractivity contribution in [2.24, 2.45) is 23.2 Å². The van der Waals surface area contributed by atoms with E-state index in [4.69, 9.17) is 0 Å². The van der Waals surface area contributed by atoms with Crippen LogP contribution < -0.4 is 5.32 Å². The molecule has 0 atom stereocenters. The molecule has 5 rings (SSSR count). The van der Waals surface area contributed by atoms with Crippen molar-refractivity contribution in [1.82, 2.24) is 10.2 Å². The fourth-order valence-electron chi connectivity index (χ4n) is 5.13. The Hall–Kier alpha value is -0.620. The van der Waals surface area contributed by atoms with Gasteiger partial charge in [-0.1, -0.05) is 30.0 Å². The van der Waals surface area contributed by atoms with Crippen LogP contribution in [0.1, 0.15) is 51.9 Å². The van der Waals surface area contributed by atoms with E-state index in [2.05, 4.69) is 22.4 Å². The van der Waals surface area contributed by atoms with E-state index < -0.39 is 0 Å². The summed E-state index contributed by atoms with van der Waals surface area (Å²) in [5.74, 6) is 3.65. The van der Waals surface area contributed by atoms with Gasteiger partial charge >= 0.3 is 0 Å². The van der Waals surface area contributed by atoms with Crippen LogP contribution in [0, 0.1) is 23.2 Å². The summed E-state index contributed by atoms with van der Waals surface area (Å²) in [5, 5.41) is 12.1. The van der Waals surface area contributed by atoms with E-state index >= 15 is 0 Å². The molecule has 0 saturated heterocycles. The van der Waals surface area contributed by atoms with E-state index in [1.165, 1.54) is 30.6 Å². The Kier molecular flexibility index (Phi) is 3.93. The van der Waals surface area contributed by atoms with Crippen molar-refractivity contribution in [3.05, 3.63) is 0 Å². The van der Waals surface area contributed by atoms with E-state index in [0.717, 1.165) is 53.5 Å². The third-order valence-corrected chi connectivity index (χ3v) is 7.75. The lowest BCUT2D eigenvalue weighted by molar-refractivity contribution is -0.140. The largest absolute Gasteiger partial charge is 0.300 e. The molecule has 0 aliphatic heterocycles. The summed E-state index contributed by atoms with van der Waals surface area (Å²) < 4.78 is 0.961. The maximum absolute atomic E-state index is 12.9. The summed E-state index contributed by atoms with van der Waals surface area (Å²) >= 11 is 3.24. The lowest BCUT2D eigenvalue weighted by atomic mass is 9.49. The lowest BCUT2D eigenvalue weighted by Crippen LogP contribution is -2.51. The molecule has 22 heavy (non-hydrogen) atoms. The maximum Gasteiger partial charge on any atom is 0.232 e. The molecule has 1 amide bonds. The predicted octanol–water partition coefficient (Wildman–Crippen LogP) is 4.20. The standard InChI is InChI=1S/C16H23N3OS2/c1-2-3-21-15-19-18-14(22-15)17-13(20)16-7-10-4-11(8-16)6-12(5-10)9-16/h10-12H,2-9H2,1H3,(H,17,18,20). The van der Waals surface area contributed by atoms with Crippen molar-refractivity contribution in [3.8, 4) is 0 Å². The van der Waals surface area contributed by atoms with E-state index in [0.29, 0.717) is 5.13 Å². The van der Waals surface area contributed by atoms with Crippen LogP contribution in [0.15, 0.2) is 4.34 Å². The van der Waals surface area contributed by atoms with E-state index in [1.54, 1.807) is 11.8 Å². The highest BCUT2D eigenvalue weighted by molar-refractivity contribution is 8.01. The van der Waals surface area contributed by atoms with Gasteiger partial charge in [0.25, 0.3) is 0 Å². The average Bonchev–Trinajstić information content (AvgIpc) is 2.91. The normalized spacial score (nSPS) is 35.8. The van der Waals surface area contributed by atoms with Crippen molar-refractivity contribution in [2.45, 2.75) is 56.2 Å². The molecule has 0 spiro atoms. The third kappa shape index (κ3) is 2.68. The first-order valence-electron chi connectivity index (χ1n) is 8.44. The number of anilines is 1. The van der Waals surface area contributed by atoms with Crippen LogP contribution in [0.2, 0.25) is 0 Å². The predicted molar refractivity (Wildman–Crippen MR) is 90.2 cm³/mol. The number of nitrogens with zero attached hydrogens (tertiary/aromatic N) is 2. The Labute approximate surface area is 139 Å². The average molecular weight is 338 g/mol. The van der Waals surface area contributed by atoms with Gasteiger partial charge in [0.1, 0.15) is 0 Å². The number of hydrogen-bond donors (Lipinski definition) is 1. The molecule has 1 aromatic heterocycles. The Balaban J connectivity index is 1.45. The molecule has 1 N–H and O–H groups in total. The van der Waals surface area contributed by atoms with Crippen LogP contribution >= 0.6 is 23.1 Å². The number of amides is 1. The highest BCUT2D eigenvalue weighted by Gasteiger charge is 2.54. The second-order valence-electron chi connectivity index (χ2n) is 7.37. The van der Waals surface area contributed by atoms with E-state index in [9.17, 15) is 4.79 Å². The number of rotatable bonds is 5. The minimum absolute atomic E-state index is 0.100. The Morgan fingerprint density at radius 3 is 2.45 bits per heavy atom. The molecule has 1 heterocycles. The molecule has 4 nitrogen and oxygen atoms in total. The minimum atomic E-state index is -0.100. The molecule has 0 aromatic carbocycles. The molecule has 0 unspecified atom stereocenters. The van der Waals surface area contributed by atoms with Crippen molar-refractivity contribution in [3.63, 3.8) is 0 Å². The topological polar surface area (TPSA) is 54.9 Å². The fraction of sp³-hybridized carbons (Fsp3) is 0.812. The zero-order valence-electron chi connectivity index (χ0n) is 13.0. The molecule has 6 heteroatoms. The van der Waals surface area contributed by atoms with Crippen LogP contribution in [0.25, 0.3) is 0 Å². The van der Waals surface area contributed by atoms with Crippen LogP contribution in [-0.2, 0) is 4.79 Å². The van der Waals surface area contributed by atoms with Crippen molar-refractivity contribution >= 4 is 34.1 Å². The quantitative estimate of drug-likeness (QED) is 0.646. The fourth-order valence-corrected chi connectivity index (χ4v) is 6.80. The summed E-state index contributed by atoms with van der Waals surface area (Å²) in [4.78, 5) is 12.9. The molecule has 120 valence electrons.